The van der Waals surface area contributed by atoms with Crippen molar-refractivity contribution in [3.05, 3.63) is 99.6 Å². The Labute approximate surface area is 244 Å². The van der Waals surface area contributed by atoms with Crippen LogP contribution in [0.1, 0.15) is 104 Å². The second kappa shape index (κ2) is 14.9. The average molecular weight is 537 g/mol. The van der Waals surface area contributed by atoms with Crippen molar-refractivity contribution in [2.45, 2.75) is 103 Å². The molecule has 2 nitrogen and oxygen atoms in total. The van der Waals surface area contributed by atoms with Crippen molar-refractivity contribution in [3.8, 4) is 0 Å². The number of nitrogens with one attached hydrogen (secondary N) is 1. The minimum atomic E-state index is 0.766. The van der Waals surface area contributed by atoms with Gasteiger partial charge in [-0.3, -0.25) is 0 Å². The number of fused-ring (bicyclic) bond motifs is 2. The number of piperidine rings is 1. The van der Waals surface area contributed by atoms with E-state index in [0.717, 1.165) is 18.8 Å². The Balaban J connectivity index is 0.000000170. The molecule has 2 heterocycles. The Kier molecular flexibility index (Phi) is 10.8. The van der Waals surface area contributed by atoms with Gasteiger partial charge < -0.3 is 10.2 Å². The maximum atomic E-state index is 3.45. The fourth-order valence-corrected chi connectivity index (χ4v) is 6.88. The lowest BCUT2D eigenvalue weighted by Gasteiger charge is -2.32. The minimum absolute atomic E-state index is 0.766. The molecule has 1 saturated heterocycles. The van der Waals surface area contributed by atoms with Crippen molar-refractivity contribution >= 4 is 5.69 Å². The largest absolute Gasteiger partial charge is 0.371 e. The second-order valence-electron chi connectivity index (χ2n) is 12.3. The second-order valence-corrected chi connectivity index (χ2v) is 12.3. The number of hydrogen-bond acceptors (Lipinski definition) is 2. The summed E-state index contributed by atoms with van der Waals surface area (Å²) in [6.45, 7) is 9.36. The summed E-state index contributed by atoms with van der Waals surface area (Å²) < 4.78 is 0. The van der Waals surface area contributed by atoms with E-state index < -0.39 is 0 Å². The number of nitrogens with zero attached hydrogens (tertiary/aromatic N) is 1. The van der Waals surface area contributed by atoms with Crippen LogP contribution in [-0.2, 0) is 38.5 Å². The first kappa shape index (κ1) is 28.9. The van der Waals surface area contributed by atoms with Crippen LogP contribution in [0.3, 0.4) is 0 Å². The number of anilines is 1. The molecule has 40 heavy (non-hydrogen) atoms. The zero-order valence-corrected chi connectivity index (χ0v) is 25.3. The first-order chi connectivity index (χ1) is 19.7. The van der Waals surface area contributed by atoms with Gasteiger partial charge in [0.2, 0.25) is 0 Å². The van der Waals surface area contributed by atoms with Gasteiger partial charge in [0.15, 0.2) is 0 Å². The number of aryl methyl sites for hydroxylation is 6. The van der Waals surface area contributed by atoms with Crippen LogP contribution < -0.4 is 10.2 Å². The third-order valence-electron chi connectivity index (χ3n) is 9.46. The molecular weight excluding hydrogens is 484 g/mol. The number of rotatable bonds is 9. The van der Waals surface area contributed by atoms with Gasteiger partial charge in [-0.05, 0) is 135 Å². The molecule has 0 radical (unpaired) electrons. The van der Waals surface area contributed by atoms with Gasteiger partial charge >= 0.3 is 0 Å². The maximum absolute atomic E-state index is 3.45. The van der Waals surface area contributed by atoms with E-state index in [0.29, 0.717) is 0 Å². The van der Waals surface area contributed by atoms with Crippen molar-refractivity contribution in [2.24, 2.45) is 0 Å². The molecule has 0 bridgehead atoms. The average Bonchev–Trinajstić information content (AvgIpc) is 3.49. The summed E-state index contributed by atoms with van der Waals surface area (Å²) in [4.78, 5) is 2.60. The Bertz CT molecular complexity index is 1190. The molecule has 0 atom stereocenters. The summed E-state index contributed by atoms with van der Waals surface area (Å²) in [6, 6.07) is 23.7. The minimum Gasteiger partial charge on any atom is -0.371 e. The van der Waals surface area contributed by atoms with E-state index in [2.05, 4.69) is 84.7 Å². The van der Waals surface area contributed by atoms with Gasteiger partial charge in [-0.2, -0.15) is 0 Å². The quantitative estimate of drug-likeness (QED) is 0.275. The first-order valence-corrected chi connectivity index (χ1v) is 16.5. The van der Waals surface area contributed by atoms with Crippen LogP contribution in [0, 0.1) is 0 Å². The van der Waals surface area contributed by atoms with E-state index in [1.165, 1.54) is 125 Å². The molecule has 1 N–H and O–H groups in total. The van der Waals surface area contributed by atoms with Crippen LogP contribution in [0.15, 0.2) is 60.7 Å². The van der Waals surface area contributed by atoms with Crippen LogP contribution in [0.5, 0.6) is 0 Å². The molecule has 0 amide bonds. The summed E-state index contributed by atoms with van der Waals surface area (Å²) >= 11 is 0. The smallest absolute Gasteiger partial charge is 0.0401 e. The van der Waals surface area contributed by atoms with Gasteiger partial charge in [0.25, 0.3) is 0 Å². The van der Waals surface area contributed by atoms with E-state index in [1.54, 1.807) is 16.7 Å². The fourth-order valence-electron chi connectivity index (χ4n) is 6.88. The molecular formula is C38H52N2. The SMILES string of the molecule is CCCCCN1CCCc2ccc(CC)cc21.c1cc(C2CCNCC2)ccc1CCc1ccc2c(c1)CCC2. The van der Waals surface area contributed by atoms with Crippen molar-refractivity contribution < 1.29 is 0 Å². The molecule has 0 aromatic heterocycles. The van der Waals surface area contributed by atoms with Crippen LogP contribution >= 0.6 is 0 Å². The predicted octanol–water partition coefficient (Wildman–Crippen LogP) is 8.62. The Morgan fingerprint density at radius 3 is 2.20 bits per heavy atom. The Morgan fingerprint density at radius 2 is 1.40 bits per heavy atom. The Morgan fingerprint density at radius 1 is 0.700 bits per heavy atom. The van der Waals surface area contributed by atoms with Gasteiger partial charge in [-0.15, -0.1) is 0 Å². The van der Waals surface area contributed by atoms with Gasteiger partial charge in [-0.1, -0.05) is 81.3 Å². The zero-order chi connectivity index (χ0) is 27.6. The molecule has 2 aliphatic heterocycles. The third kappa shape index (κ3) is 7.78. The standard InChI is InChI=1S/C22H27N.C16H25N/c1-2-19-11-8-18(16-22(19)3-1)5-4-17-6-9-20(10-7-17)21-12-14-23-15-13-21;1-3-5-6-11-17-12-7-8-15-10-9-14(4-2)13-16(15)17/h6-11,16,21,23H,1-5,12-15H2;9-10,13H,3-8,11-12H2,1-2H3. The lowest BCUT2D eigenvalue weighted by atomic mass is 9.89. The monoisotopic (exact) mass is 536 g/mol. The molecule has 3 aromatic rings. The normalized spacial score (nSPS) is 16.7. The van der Waals surface area contributed by atoms with E-state index in [4.69, 9.17) is 0 Å². The highest BCUT2D eigenvalue weighted by atomic mass is 15.1. The summed E-state index contributed by atoms with van der Waals surface area (Å²) in [5, 5.41) is 3.45. The molecule has 0 spiro atoms. The number of unbranched alkanes of at least 4 members (excludes halogenated alkanes) is 2. The van der Waals surface area contributed by atoms with Crippen molar-refractivity contribution in [1.29, 1.82) is 0 Å². The summed E-state index contributed by atoms with van der Waals surface area (Å²) in [7, 11) is 0. The van der Waals surface area contributed by atoms with E-state index in [-0.39, 0.29) is 0 Å². The fraction of sp³-hybridized carbons (Fsp3) is 0.526. The lowest BCUT2D eigenvalue weighted by molar-refractivity contribution is 0.460. The third-order valence-corrected chi connectivity index (χ3v) is 9.46. The summed E-state index contributed by atoms with van der Waals surface area (Å²) in [6.07, 6.45) is 16.6. The molecule has 3 aromatic carbocycles. The van der Waals surface area contributed by atoms with Gasteiger partial charge in [0.05, 0.1) is 0 Å². The van der Waals surface area contributed by atoms with Crippen LogP contribution in [-0.4, -0.2) is 26.2 Å². The Hall–Kier alpha value is -2.58. The van der Waals surface area contributed by atoms with Gasteiger partial charge in [-0.25, -0.2) is 0 Å². The molecule has 214 valence electrons. The lowest BCUT2D eigenvalue weighted by Crippen LogP contribution is -2.30. The van der Waals surface area contributed by atoms with Crippen LogP contribution in [0.2, 0.25) is 0 Å². The topological polar surface area (TPSA) is 15.3 Å². The van der Waals surface area contributed by atoms with Crippen molar-refractivity contribution in [3.63, 3.8) is 0 Å². The van der Waals surface area contributed by atoms with Crippen LogP contribution in [0.25, 0.3) is 0 Å². The number of benzene rings is 3. The molecule has 6 rings (SSSR count). The first-order valence-electron chi connectivity index (χ1n) is 16.5. The molecule has 0 unspecified atom stereocenters. The van der Waals surface area contributed by atoms with Crippen LogP contribution in [0.4, 0.5) is 5.69 Å². The zero-order valence-electron chi connectivity index (χ0n) is 25.3. The molecule has 2 heteroatoms. The summed E-state index contributed by atoms with van der Waals surface area (Å²) in [5.41, 5.74) is 12.3. The predicted molar refractivity (Wildman–Crippen MR) is 173 cm³/mol. The van der Waals surface area contributed by atoms with Crippen molar-refractivity contribution in [2.75, 3.05) is 31.1 Å². The van der Waals surface area contributed by atoms with E-state index in [1.807, 2.05) is 0 Å². The summed E-state index contributed by atoms with van der Waals surface area (Å²) in [5.74, 6) is 0.766. The van der Waals surface area contributed by atoms with Gasteiger partial charge in [0, 0.05) is 18.8 Å². The van der Waals surface area contributed by atoms with Gasteiger partial charge in [0.1, 0.15) is 0 Å². The van der Waals surface area contributed by atoms with Crippen molar-refractivity contribution in [1.82, 2.24) is 5.32 Å². The molecule has 0 saturated carbocycles. The van der Waals surface area contributed by atoms with E-state index >= 15 is 0 Å². The molecule has 1 aliphatic carbocycles. The van der Waals surface area contributed by atoms with E-state index in [9.17, 15) is 0 Å². The number of hydrogen-bond donors (Lipinski definition) is 1. The molecule has 1 fully saturated rings. The highest BCUT2D eigenvalue weighted by molar-refractivity contribution is 5.57. The maximum Gasteiger partial charge on any atom is 0.0401 e. The highest BCUT2D eigenvalue weighted by Crippen LogP contribution is 2.29. The molecule has 3 aliphatic rings. The highest BCUT2D eigenvalue weighted by Gasteiger charge is 2.17.